The van der Waals surface area contributed by atoms with Crippen molar-refractivity contribution in [2.24, 2.45) is 0 Å². The maximum Gasteiger partial charge on any atom is 0.229 e. The molecule has 0 unspecified atom stereocenters. The number of nitrogens with zero attached hydrogens (tertiary/aromatic N) is 2. The average molecular weight is 380 g/mol. The molecule has 0 aliphatic carbocycles. The third-order valence-electron chi connectivity index (χ3n) is 3.30. The number of rotatable bonds is 5. The molecule has 3 aromatic rings. The van der Waals surface area contributed by atoms with Crippen molar-refractivity contribution >= 4 is 38.4 Å². The second-order valence-electron chi connectivity index (χ2n) is 5.50. The zero-order chi connectivity index (χ0) is 17.3. The Bertz CT molecular complexity index is 957. The molecule has 24 heavy (non-hydrogen) atoms. The number of thiazole rings is 2. The highest BCUT2D eigenvalue weighted by atomic mass is 32.2. The van der Waals surface area contributed by atoms with Gasteiger partial charge in [0.25, 0.3) is 0 Å². The van der Waals surface area contributed by atoms with E-state index in [2.05, 4.69) is 15.1 Å². The van der Waals surface area contributed by atoms with Gasteiger partial charge in [-0.3, -0.25) is 4.72 Å². The van der Waals surface area contributed by atoms with Gasteiger partial charge in [-0.15, -0.1) is 22.7 Å². The molecule has 1 aromatic carbocycles. The number of benzene rings is 1. The Morgan fingerprint density at radius 3 is 2.42 bits per heavy atom. The summed E-state index contributed by atoms with van der Waals surface area (Å²) in [6.07, 6.45) is 1.88. The van der Waals surface area contributed by atoms with Gasteiger partial charge in [-0.25, -0.2) is 18.4 Å². The van der Waals surface area contributed by atoms with Crippen LogP contribution in [0.5, 0.6) is 0 Å². The van der Waals surface area contributed by atoms with E-state index in [1.165, 1.54) is 0 Å². The fourth-order valence-electron chi connectivity index (χ4n) is 2.35. The van der Waals surface area contributed by atoms with Crippen molar-refractivity contribution in [1.82, 2.24) is 9.97 Å². The first kappa shape index (κ1) is 17.1. The summed E-state index contributed by atoms with van der Waals surface area (Å²) in [5, 5.41) is 4.16. The summed E-state index contributed by atoms with van der Waals surface area (Å²) >= 11 is 3.32. The second-order valence-corrected chi connectivity index (χ2v) is 9.60. The van der Waals surface area contributed by atoms with Gasteiger partial charge in [-0.2, -0.15) is 0 Å². The summed E-state index contributed by atoms with van der Waals surface area (Å²) in [5.74, 6) is 0. The second kappa shape index (κ2) is 6.62. The molecular formula is C16H17N3O2S3. The van der Waals surface area contributed by atoms with Crippen LogP contribution in [0.1, 0.15) is 20.6 Å². The van der Waals surface area contributed by atoms with E-state index in [1.54, 1.807) is 34.8 Å². The molecule has 0 amide bonds. The Hall–Kier alpha value is -1.77. The lowest BCUT2D eigenvalue weighted by atomic mass is 10.1. The Balaban J connectivity index is 1.82. The summed E-state index contributed by atoms with van der Waals surface area (Å²) in [6.45, 7) is 4.05. The van der Waals surface area contributed by atoms with Crippen LogP contribution >= 0.6 is 22.7 Å². The minimum atomic E-state index is -3.26. The van der Waals surface area contributed by atoms with Crippen LogP contribution < -0.4 is 4.72 Å². The number of aromatic nitrogens is 2. The largest absolute Gasteiger partial charge is 0.284 e. The van der Waals surface area contributed by atoms with Gasteiger partial charge in [0.15, 0.2) is 0 Å². The first-order valence-electron chi connectivity index (χ1n) is 7.26. The minimum absolute atomic E-state index is 0.548. The van der Waals surface area contributed by atoms with Crippen LogP contribution in [0, 0.1) is 13.8 Å². The normalized spacial score (nSPS) is 11.6. The number of anilines is 1. The molecule has 0 bridgehead atoms. The topological polar surface area (TPSA) is 72.0 Å². The lowest BCUT2D eigenvalue weighted by Crippen LogP contribution is -2.09. The summed E-state index contributed by atoms with van der Waals surface area (Å²) in [7, 11) is -3.26. The zero-order valence-electron chi connectivity index (χ0n) is 13.5. The molecule has 2 aromatic heterocycles. The van der Waals surface area contributed by atoms with Crippen LogP contribution in [0.2, 0.25) is 0 Å². The number of sulfonamides is 1. The SMILES string of the molecule is Cc1nc(Cc2nc(-c3ccc(NS(C)(=O)=O)cc3)c(C)s2)cs1. The van der Waals surface area contributed by atoms with E-state index in [0.717, 1.165) is 44.5 Å². The molecule has 0 saturated carbocycles. The third-order valence-corrected chi connectivity index (χ3v) is 5.70. The number of hydrogen-bond acceptors (Lipinski definition) is 6. The van der Waals surface area contributed by atoms with Gasteiger partial charge in [-0.05, 0) is 26.0 Å². The fraction of sp³-hybridized carbons (Fsp3) is 0.250. The van der Waals surface area contributed by atoms with Gasteiger partial charge < -0.3 is 0 Å². The molecule has 126 valence electrons. The molecule has 0 radical (unpaired) electrons. The van der Waals surface area contributed by atoms with Crippen molar-refractivity contribution < 1.29 is 8.42 Å². The van der Waals surface area contributed by atoms with E-state index >= 15 is 0 Å². The Labute approximate surface area is 149 Å². The monoisotopic (exact) mass is 379 g/mol. The van der Waals surface area contributed by atoms with Gasteiger partial charge in [0, 0.05) is 27.9 Å². The van der Waals surface area contributed by atoms with Gasteiger partial charge in [-0.1, -0.05) is 12.1 Å². The van der Waals surface area contributed by atoms with Crippen molar-refractivity contribution in [3.63, 3.8) is 0 Å². The summed E-state index contributed by atoms with van der Waals surface area (Å²) in [4.78, 5) is 10.4. The molecule has 3 rings (SSSR count). The predicted molar refractivity (Wildman–Crippen MR) is 100 cm³/mol. The molecule has 5 nitrogen and oxygen atoms in total. The van der Waals surface area contributed by atoms with Crippen LogP contribution in [0.3, 0.4) is 0 Å². The van der Waals surface area contributed by atoms with E-state index in [4.69, 9.17) is 4.98 Å². The molecule has 1 N–H and O–H groups in total. The first-order chi connectivity index (χ1) is 11.3. The van der Waals surface area contributed by atoms with E-state index in [-0.39, 0.29) is 0 Å². The quantitative estimate of drug-likeness (QED) is 0.731. The molecule has 0 fully saturated rings. The van der Waals surface area contributed by atoms with Crippen LogP contribution in [-0.4, -0.2) is 24.6 Å². The van der Waals surface area contributed by atoms with Crippen LogP contribution in [0.25, 0.3) is 11.3 Å². The highest BCUT2D eigenvalue weighted by molar-refractivity contribution is 7.92. The fourth-order valence-corrected chi connectivity index (χ4v) is 4.50. The number of nitrogens with one attached hydrogen (secondary N) is 1. The standard InChI is InChI=1S/C16H17N3O2S3/c1-10-16(12-4-6-13(7-5-12)19-24(3,20)21)18-15(23-10)8-14-9-22-11(2)17-14/h4-7,9,19H,8H2,1-3H3. The maximum atomic E-state index is 11.3. The Morgan fingerprint density at radius 1 is 1.12 bits per heavy atom. The lowest BCUT2D eigenvalue weighted by molar-refractivity contribution is 0.607. The third kappa shape index (κ3) is 4.19. The van der Waals surface area contributed by atoms with Crippen LogP contribution in [0.4, 0.5) is 5.69 Å². The van der Waals surface area contributed by atoms with Crippen molar-refractivity contribution in [2.45, 2.75) is 20.3 Å². The Morgan fingerprint density at radius 2 is 1.83 bits per heavy atom. The maximum absolute atomic E-state index is 11.3. The molecule has 0 aliphatic rings. The Kier molecular flexibility index (Phi) is 4.71. The molecule has 0 atom stereocenters. The highest BCUT2D eigenvalue weighted by Gasteiger charge is 2.12. The van der Waals surface area contributed by atoms with Crippen molar-refractivity contribution in [1.29, 1.82) is 0 Å². The van der Waals surface area contributed by atoms with E-state index in [1.807, 2.05) is 26.0 Å². The van der Waals surface area contributed by atoms with E-state index < -0.39 is 10.0 Å². The smallest absolute Gasteiger partial charge is 0.229 e. The van der Waals surface area contributed by atoms with E-state index in [9.17, 15) is 8.42 Å². The molecule has 0 spiro atoms. The summed E-state index contributed by atoms with van der Waals surface area (Å²) in [6, 6.07) is 7.26. The molecule has 0 saturated heterocycles. The summed E-state index contributed by atoms with van der Waals surface area (Å²) in [5.41, 5.74) is 3.51. The van der Waals surface area contributed by atoms with Crippen molar-refractivity contribution in [2.75, 3.05) is 11.0 Å². The predicted octanol–water partition coefficient (Wildman–Crippen LogP) is 3.85. The van der Waals surface area contributed by atoms with Crippen LogP contribution in [-0.2, 0) is 16.4 Å². The zero-order valence-corrected chi connectivity index (χ0v) is 16.0. The van der Waals surface area contributed by atoms with E-state index in [0.29, 0.717) is 5.69 Å². The van der Waals surface area contributed by atoms with Crippen molar-refractivity contribution in [3.05, 3.63) is 50.2 Å². The average Bonchev–Trinajstić information content (AvgIpc) is 3.04. The van der Waals surface area contributed by atoms with Gasteiger partial charge in [0.05, 0.1) is 27.7 Å². The molecule has 2 heterocycles. The van der Waals surface area contributed by atoms with Crippen LogP contribution in [0.15, 0.2) is 29.6 Å². The van der Waals surface area contributed by atoms with Gasteiger partial charge in [0.2, 0.25) is 10.0 Å². The molecular weight excluding hydrogens is 362 g/mol. The van der Waals surface area contributed by atoms with Crippen molar-refractivity contribution in [3.8, 4) is 11.3 Å². The number of aryl methyl sites for hydroxylation is 2. The number of hydrogen-bond donors (Lipinski definition) is 1. The first-order valence-corrected chi connectivity index (χ1v) is 10.8. The summed E-state index contributed by atoms with van der Waals surface area (Å²) < 4.78 is 25.0. The van der Waals surface area contributed by atoms with Gasteiger partial charge >= 0.3 is 0 Å². The minimum Gasteiger partial charge on any atom is -0.284 e. The molecule has 8 heteroatoms. The highest BCUT2D eigenvalue weighted by Crippen LogP contribution is 2.29. The molecule has 0 aliphatic heterocycles. The van der Waals surface area contributed by atoms with Gasteiger partial charge in [0.1, 0.15) is 0 Å². The lowest BCUT2D eigenvalue weighted by Gasteiger charge is -2.04.